The molecule has 1 aliphatic rings. The van der Waals surface area contributed by atoms with Gasteiger partial charge in [-0.25, -0.2) is 0 Å². The molecule has 0 amide bonds. The van der Waals surface area contributed by atoms with Crippen molar-refractivity contribution in [2.24, 2.45) is 11.7 Å². The predicted molar refractivity (Wildman–Crippen MR) is 77.9 cm³/mol. The molecule has 0 radical (unpaired) electrons. The Morgan fingerprint density at radius 1 is 1.40 bits per heavy atom. The maximum Gasteiger partial charge on any atom is 0.417 e. The molecule has 1 aliphatic carbocycles. The summed E-state index contributed by atoms with van der Waals surface area (Å²) in [4.78, 5) is 1.65. The van der Waals surface area contributed by atoms with Gasteiger partial charge >= 0.3 is 6.18 Å². The summed E-state index contributed by atoms with van der Waals surface area (Å²) in [6, 6.07) is 4.36. The minimum absolute atomic E-state index is 0.122. The molecule has 0 spiro atoms. The lowest BCUT2D eigenvalue weighted by Crippen LogP contribution is -2.31. The van der Waals surface area contributed by atoms with Crippen molar-refractivity contribution in [1.29, 1.82) is 0 Å². The number of hydrogen-bond acceptors (Lipinski definition) is 2. The van der Waals surface area contributed by atoms with Crippen LogP contribution in [0.2, 0.25) is 0 Å². The molecule has 0 saturated heterocycles. The van der Waals surface area contributed by atoms with Crippen LogP contribution in [0, 0.1) is 5.92 Å². The fourth-order valence-corrected chi connectivity index (χ4v) is 2.51. The summed E-state index contributed by atoms with van der Waals surface area (Å²) >= 11 is 4.69. The van der Waals surface area contributed by atoms with Crippen LogP contribution in [0.25, 0.3) is 0 Å². The van der Waals surface area contributed by atoms with Crippen molar-refractivity contribution < 1.29 is 13.2 Å². The first-order valence-electron chi connectivity index (χ1n) is 6.45. The van der Waals surface area contributed by atoms with E-state index in [1.54, 1.807) is 6.07 Å². The minimum atomic E-state index is -4.46. The van der Waals surface area contributed by atoms with Crippen molar-refractivity contribution in [2.75, 3.05) is 11.9 Å². The second-order valence-corrected chi connectivity index (χ2v) is 5.72. The summed E-state index contributed by atoms with van der Waals surface area (Å²) < 4.78 is 39.3. The zero-order valence-electron chi connectivity index (χ0n) is 11.4. The van der Waals surface area contributed by atoms with Gasteiger partial charge in [0, 0.05) is 24.3 Å². The van der Waals surface area contributed by atoms with Crippen molar-refractivity contribution in [1.82, 2.24) is 0 Å². The Bertz CT molecular complexity index is 524. The molecule has 110 valence electrons. The minimum Gasteiger partial charge on any atom is -0.389 e. The molecule has 0 aromatic heterocycles. The van der Waals surface area contributed by atoms with E-state index in [1.165, 1.54) is 6.07 Å². The van der Waals surface area contributed by atoms with Crippen molar-refractivity contribution in [3.05, 3.63) is 29.3 Å². The average molecular weight is 302 g/mol. The van der Waals surface area contributed by atoms with Crippen molar-refractivity contribution >= 4 is 22.9 Å². The third-order valence-corrected chi connectivity index (χ3v) is 4.12. The molecule has 1 fully saturated rings. The SMILES string of the molecule is CC(C1CC1)N(C)c1ccc(C(N)=S)c(C(F)(F)F)c1. The first kappa shape index (κ1) is 15.1. The number of halogens is 3. The Morgan fingerprint density at radius 3 is 2.45 bits per heavy atom. The summed E-state index contributed by atoms with van der Waals surface area (Å²) in [5, 5.41) is 0. The number of thiocarbonyl (C=S) groups is 1. The molecule has 6 heteroatoms. The van der Waals surface area contributed by atoms with Gasteiger partial charge in [-0.1, -0.05) is 12.2 Å². The van der Waals surface area contributed by atoms with Gasteiger partial charge in [0.25, 0.3) is 0 Å². The van der Waals surface area contributed by atoms with Gasteiger partial charge in [-0.2, -0.15) is 13.2 Å². The van der Waals surface area contributed by atoms with Crippen molar-refractivity contribution in [3.63, 3.8) is 0 Å². The van der Waals surface area contributed by atoms with Gasteiger partial charge in [0.05, 0.1) is 5.56 Å². The van der Waals surface area contributed by atoms with Crippen LogP contribution in [0.4, 0.5) is 18.9 Å². The number of hydrogen-bond donors (Lipinski definition) is 1. The summed E-state index contributed by atoms with van der Waals surface area (Å²) in [5.74, 6) is 0.574. The molecule has 1 saturated carbocycles. The molecule has 2 rings (SSSR count). The number of alkyl halides is 3. The largest absolute Gasteiger partial charge is 0.417 e. The van der Waals surface area contributed by atoms with Crippen molar-refractivity contribution in [2.45, 2.75) is 32.0 Å². The highest BCUT2D eigenvalue weighted by Gasteiger charge is 2.36. The second kappa shape index (κ2) is 5.24. The molecular formula is C14H17F3N2S. The first-order chi connectivity index (χ1) is 9.21. The molecule has 20 heavy (non-hydrogen) atoms. The smallest absolute Gasteiger partial charge is 0.389 e. The standard InChI is InChI=1S/C14H17F3N2S/c1-8(9-3-4-9)19(2)10-5-6-11(13(18)20)12(7-10)14(15,16)17/h5-9H,3-4H2,1-2H3,(H2,18,20). The molecule has 1 atom stereocenters. The Kier molecular flexibility index (Phi) is 3.95. The van der Waals surface area contributed by atoms with E-state index < -0.39 is 11.7 Å². The number of nitrogens with two attached hydrogens (primary N) is 1. The highest BCUT2D eigenvalue weighted by Crippen LogP contribution is 2.38. The Morgan fingerprint density at radius 2 is 2.00 bits per heavy atom. The molecule has 0 heterocycles. The lowest BCUT2D eigenvalue weighted by Gasteiger charge is -2.28. The van der Waals surface area contributed by atoms with Gasteiger partial charge in [0.2, 0.25) is 0 Å². The van der Waals surface area contributed by atoms with E-state index in [-0.39, 0.29) is 16.6 Å². The second-order valence-electron chi connectivity index (χ2n) is 5.28. The van der Waals surface area contributed by atoms with E-state index in [1.807, 2.05) is 18.9 Å². The van der Waals surface area contributed by atoms with Gasteiger partial charge in [0.15, 0.2) is 0 Å². The van der Waals surface area contributed by atoms with Crippen LogP contribution in [-0.2, 0) is 6.18 Å². The van der Waals surface area contributed by atoms with E-state index in [2.05, 4.69) is 0 Å². The van der Waals surface area contributed by atoms with Crippen molar-refractivity contribution in [3.8, 4) is 0 Å². The van der Waals surface area contributed by atoms with Crippen LogP contribution < -0.4 is 10.6 Å². The van der Waals surface area contributed by atoms with Gasteiger partial charge in [0.1, 0.15) is 4.99 Å². The molecule has 1 unspecified atom stereocenters. The van der Waals surface area contributed by atoms with E-state index in [0.717, 1.165) is 18.9 Å². The first-order valence-corrected chi connectivity index (χ1v) is 6.86. The van der Waals surface area contributed by atoms with Gasteiger partial charge in [-0.15, -0.1) is 0 Å². The molecule has 0 bridgehead atoms. The normalized spacial score (nSPS) is 16.9. The number of rotatable bonds is 4. The third-order valence-electron chi connectivity index (χ3n) is 3.90. The molecule has 1 aromatic rings. The number of benzene rings is 1. The Balaban J connectivity index is 2.38. The van der Waals surface area contributed by atoms with Crippen LogP contribution in [0.3, 0.4) is 0 Å². The molecule has 2 nitrogen and oxygen atoms in total. The summed E-state index contributed by atoms with van der Waals surface area (Å²) in [5.41, 5.74) is 5.02. The van der Waals surface area contributed by atoms with Crippen LogP contribution in [0.15, 0.2) is 18.2 Å². The predicted octanol–water partition coefficient (Wildman–Crippen LogP) is 3.57. The third kappa shape index (κ3) is 3.06. The van der Waals surface area contributed by atoms with Crippen LogP contribution >= 0.6 is 12.2 Å². The average Bonchev–Trinajstić information content (AvgIpc) is 3.19. The van der Waals surface area contributed by atoms with Gasteiger partial charge in [-0.3, -0.25) is 0 Å². The van der Waals surface area contributed by atoms with Crippen LogP contribution in [0.5, 0.6) is 0 Å². The summed E-state index contributed by atoms with van der Waals surface area (Å²) in [7, 11) is 1.82. The van der Waals surface area contributed by atoms with E-state index in [9.17, 15) is 13.2 Å². The van der Waals surface area contributed by atoms with Gasteiger partial charge < -0.3 is 10.6 Å². The fourth-order valence-electron chi connectivity index (χ4n) is 2.33. The van der Waals surface area contributed by atoms with E-state index in [0.29, 0.717) is 11.6 Å². The lowest BCUT2D eigenvalue weighted by molar-refractivity contribution is -0.137. The topological polar surface area (TPSA) is 29.3 Å². The molecule has 0 aliphatic heterocycles. The van der Waals surface area contributed by atoms with E-state index in [4.69, 9.17) is 18.0 Å². The Labute approximate surface area is 121 Å². The lowest BCUT2D eigenvalue weighted by atomic mass is 10.0. The number of anilines is 1. The number of nitrogens with zero attached hydrogens (tertiary/aromatic N) is 1. The van der Waals surface area contributed by atoms with Crippen LogP contribution in [-0.4, -0.2) is 18.1 Å². The maximum atomic E-state index is 13.1. The highest BCUT2D eigenvalue weighted by molar-refractivity contribution is 7.80. The highest BCUT2D eigenvalue weighted by atomic mass is 32.1. The quantitative estimate of drug-likeness (QED) is 0.862. The molecule has 2 N–H and O–H groups in total. The van der Waals surface area contributed by atoms with Gasteiger partial charge in [-0.05, 0) is 43.9 Å². The van der Waals surface area contributed by atoms with E-state index >= 15 is 0 Å². The zero-order valence-corrected chi connectivity index (χ0v) is 12.2. The Hall–Kier alpha value is -1.30. The summed E-state index contributed by atoms with van der Waals surface area (Å²) in [6.45, 7) is 2.03. The fraction of sp³-hybridized carbons (Fsp3) is 0.500. The van der Waals surface area contributed by atoms with Crippen LogP contribution in [0.1, 0.15) is 30.9 Å². The maximum absolute atomic E-state index is 13.1. The summed E-state index contributed by atoms with van der Waals surface area (Å²) in [6.07, 6.45) is -2.18. The monoisotopic (exact) mass is 302 g/mol. The molecular weight excluding hydrogens is 285 g/mol. The molecule has 1 aromatic carbocycles. The zero-order chi connectivity index (χ0) is 15.1.